The standard InChI is InChI=1S/C39H52FN5O6S/c40-30-23-22-29(33(27-30)37(41)48)28-43-39(49)36-31(35-32(20-18-24-42-35)38(44-36)45-25-16-17-26-52(45,50)51)19-14-12-10-8-6-4-2-1-3-5-7-9-11-13-15-21-34(46)47/h1,3,18,20,22-24,27H,2,4-17,19,21,25-26,28H2,(H2,41,48)(H,43,49)(H,46,47)/b3-1-. The molecule has 0 spiro atoms. The highest BCUT2D eigenvalue weighted by molar-refractivity contribution is 7.92. The Balaban J connectivity index is 1.36. The van der Waals surface area contributed by atoms with E-state index in [9.17, 15) is 27.2 Å². The number of carboxylic acid groups (broad SMARTS) is 1. The van der Waals surface area contributed by atoms with E-state index in [2.05, 4.69) is 22.5 Å². The molecule has 4 rings (SSSR count). The van der Waals surface area contributed by atoms with Crippen LogP contribution >= 0.6 is 0 Å². The summed E-state index contributed by atoms with van der Waals surface area (Å²) < 4.78 is 41.4. The Hall–Kier alpha value is -4.39. The maximum Gasteiger partial charge on any atom is 0.303 e. The Morgan fingerprint density at radius 1 is 0.923 bits per heavy atom. The number of nitrogens with two attached hydrogens (primary N) is 1. The highest BCUT2D eigenvalue weighted by atomic mass is 32.2. The van der Waals surface area contributed by atoms with Crippen molar-refractivity contribution in [2.75, 3.05) is 16.6 Å². The van der Waals surface area contributed by atoms with E-state index in [1.807, 2.05) is 0 Å². The number of anilines is 1. The van der Waals surface area contributed by atoms with Crippen LogP contribution in [0.2, 0.25) is 0 Å². The molecule has 2 amide bonds. The summed E-state index contributed by atoms with van der Waals surface area (Å²) in [5.74, 6) is -2.54. The lowest BCUT2D eigenvalue weighted by Gasteiger charge is -2.29. The summed E-state index contributed by atoms with van der Waals surface area (Å²) in [7, 11) is -3.64. The van der Waals surface area contributed by atoms with E-state index >= 15 is 0 Å². The lowest BCUT2D eigenvalue weighted by atomic mass is 9.99. The molecule has 0 unspecified atom stereocenters. The quantitative estimate of drug-likeness (QED) is 0.0708. The van der Waals surface area contributed by atoms with Crippen LogP contribution in [0.1, 0.15) is 135 Å². The molecule has 0 aliphatic carbocycles. The molecule has 0 atom stereocenters. The van der Waals surface area contributed by atoms with Crippen LogP contribution in [0.5, 0.6) is 0 Å². The van der Waals surface area contributed by atoms with E-state index in [-0.39, 0.29) is 42.3 Å². The molecule has 1 saturated heterocycles. The van der Waals surface area contributed by atoms with Gasteiger partial charge in [0.25, 0.3) is 5.91 Å². The van der Waals surface area contributed by atoms with Crippen molar-refractivity contribution >= 4 is 44.5 Å². The number of halogens is 1. The smallest absolute Gasteiger partial charge is 0.303 e. The number of benzene rings is 1. The van der Waals surface area contributed by atoms with Crippen LogP contribution in [0.15, 0.2) is 48.7 Å². The number of hydrogen-bond acceptors (Lipinski definition) is 7. The molecule has 11 nitrogen and oxygen atoms in total. The zero-order chi connectivity index (χ0) is 37.3. The molecule has 0 radical (unpaired) electrons. The van der Waals surface area contributed by atoms with Crippen molar-refractivity contribution in [1.82, 2.24) is 15.3 Å². The first-order valence-corrected chi connectivity index (χ1v) is 20.2. The number of allylic oxidation sites excluding steroid dienone is 2. The van der Waals surface area contributed by atoms with Crippen LogP contribution in [0.25, 0.3) is 10.9 Å². The predicted molar refractivity (Wildman–Crippen MR) is 201 cm³/mol. The zero-order valence-electron chi connectivity index (χ0n) is 30.0. The van der Waals surface area contributed by atoms with Gasteiger partial charge in [-0.05, 0) is 87.6 Å². The molecular weight excluding hydrogens is 686 g/mol. The lowest BCUT2D eigenvalue weighted by Crippen LogP contribution is -2.39. The van der Waals surface area contributed by atoms with E-state index in [0.717, 1.165) is 89.5 Å². The summed E-state index contributed by atoms with van der Waals surface area (Å²) in [5, 5.41) is 12.1. The van der Waals surface area contributed by atoms with Crippen LogP contribution in [-0.4, -0.2) is 53.6 Å². The summed E-state index contributed by atoms with van der Waals surface area (Å²) in [4.78, 5) is 45.7. The molecule has 3 heterocycles. The number of sulfonamides is 1. The fourth-order valence-electron chi connectivity index (χ4n) is 6.58. The SMILES string of the molecule is NC(=O)c1cc(F)ccc1CNC(=O)c1nc(N2CCCCS2(=O)=O)c2cccnc2c1CCCCCCCC/C=C\CCCCCCCC(=O)O. The van der Waals surface area contributed by atoms with Gasteiger partial charge < -0.3 is 16.2 Å². The molecule has 3 aromatic rings. The van der Waals surface area contributed by atoms with Gasteiger partial charge in [0, 0.05) is 42.2 Å². The van der Waals surface area contributed by atoms with Gasteiger partial charge in [-0.25, -0.2) is 17.8 Å². The summed E-state index contributed by atoms with van der Waals surface area (Å²) >= 11 is 0. The molecule has 13 heteroatoms. The van der Waals surface area contributed by atoms with Crippen LogP contribution in [0.3, 0.4) is 0 Å². The molecule has 1 aliphatic heterocycles. The maximum absolute atomic E-state index is 13.8. The third-order valence-electron chi connectivity index (χ3n) is 9.39. The van der Waals surface area contributed by atoms with Crippen molar-refractivity contribution in [3.8, 4) is 0 Å². The van der Waals surface area contributed by atoms with Gasteiger partial charge in [-0.15, -0.1) is 0 Å². The number of primary amides is 1. The molecule has 4 N–H and O–H groups in total. The van der Waals surface area contributed by atoms with Crippen molar-refractivity contribution in [2.45, 2.75) is 116 Å². The summed E-state index contributed by atoms with van der Waals surface area (Å²) in [5.41, 5.74) is 7.00. The van der Waals surface area contributed by atoms with E-state index in [1.165, 1.54) is 16.4 Å². The number of carbonyl (C=O) groups is 3. The molecule has 0 saturated carbocycles. The van der Waals surface area contributed by atoms with Gasteiger partial charge >= 0.3 is 5.97 Å². The Morgan fingerprint density at radius 3 is 2.27 bits per heavy atom. The summed E-state index contributed by atoms with van der Waals surface area (Å²) in [6.45, 7) is 0.145. The number of aliphatic carboxylic acids is 1. The van der Waals surface area contributed by atoms with E-state index in [0.29, 0.717) is 41.3 Å². The maximum atomic E-state index is 13.8. The number of unbranched alkanes of at least 4 members (excludes halogenated alkanes) is 11. The van der Waals surface area contributed by atoms with Crippen LogP contribution in [0.4, 0.5) is 10.2 Å². The first-order chi connectivity index (χ1) is 25.1. The number of carboxylic acids is 1. The van der Waals surface area contributed by atoms with Crippen molar-refractivity contribution in [2.24, 2.45) is 5.73 Å². The largest absolute Gasteiger partial charge is 0.481 e. The fourth-order valence-corrected chi connectivity index (χ4v) is 8.18. The van der Waals surface area contributed by atoms with Crippen LogP contribution < -0.4 is 15.4 Å². The second-order valence-corrected chi connectivity index (χ2v) is 15.5. The zero-order valence-corrected chi connectivity index (χ0v) is 30.8. The van der Waals surface area contributed by atoms with Gasteiger partial charge in [0.05, 0.1) is 11.3 Å². The second kappa shape index (κ2) is 20.6. The average Bonchev–Trinajstić information content (AvgIpc) is 3.11. The Kier molecular flexibility index (Phi) is 16.0. The number of rotatable bonds is 22. The number of carbonyl (C=O) groups excluding carboxylic acids is 2. The summed E-state index contributed by atoms with van der Waals surface area (Å²) in [6, 6.07) is 7.13. The molecule has 0 bridgehead atoms. The first kappa shape index (κ1) is 40.4. The van der Waals surface area contributed by atoms with E-state index < -0.39 is 33.6 Å². The van der Waals surface area contributed by atoms with Crippen molar-refractivity contribution < 1.29 is 32.3 Å². The number of nitrogens with zero attached hydrogens (tertiary/aromatic N) is 3. The van der Waals surface area contributed by atoms with Crippen molar-refractivity contribution in [3.63, 3.8) is 0 Å². The minimum Gasteiger partial charge on any atom is -0.481 e. The van der Waals surface area contributed by atoms with Crippen LogP contribution in [0, 0.1) is 5.82 Å². The fraction of sp³-hybridized carbons (Fsp3) is 0.513. The summed E-state index contributed by atoms with van der Waals surface area (Å²) in [6.07, 6.45) is 21.5. The monoisotopic (exact) mass is 737 g/mol. The second-order valence-electron chi connectivity index (χ2n) is 13.4. The molecule has 52 heavy (non-hydrogen) atoms. The number of amides is 2. The van der Waals surface area contributed by atoms with Crippen molar-refractivity contribution in [3.05, 3.63) is 76.9 Å². The topological polar surface area (TPSA) is 173 Å². The molecular formula is C39H52FN5O6S. The van der Waals surface area contributed by atoms with Gasteiger partial charge in [0.15, 0.2) is 5.82 Å². The minimum absolute atomic E-state index is 0.00468. The first-order valence-electron chi connectivity index (χ1n) is 18.6. The predicted octanol–water partition coefficient (Wildman–Crippen LogP) is 7.37. The molecule has 1 fully saturated rings. The normalized spacial score (nSPS) is 14.2. The third-order valence-corrected chi connectivity index (χ3v) is 11.2. The van der Waals surface area contributed by atoms with E-state index in [4.69, 9.17) is 15.8 Å². The molecule has 1 aromatic carbocycles. The number of hydrogen-bond donors (Lipinski definition) is 3. The lowest BCUT2D eigenvalue weighted by molar-refractivity contribution is -0.137. The molecule has 2 aromatic heterocycles. The number of aromatic nitrogens is 2. The number of nitrogens with one attached hydrogen (secondary N) is 1. The van der Waals surface area contributed by atoms with Gasteiger partial charge in [-0.2, -0.15) is 0 Å². The Morgan fingerprint density at radius 2 is 1.60 bits per heavy atom. The highest BCUT2D eigenvalue weighted by Crippen LogP contribution is 2.33. The molecule has 282 valence electrons. The highest BCUT2D eigenvalue weighted by Gasteiger charge is 2.31. The average molecular weight is 738 g/mol. The third kappa shape index (κ3) is 12.1. The molecule has 1 aliphatic rings. The van der Waals surface area contributed by atoms with E-state index in [1.54, 1.807) is 18.3 Å². The number of fused-ring (bicyclic) bond motifs is 1. The van der Waals surface area contributed by atoms with Gasteiger partial charge in [-0.3, -0.25) is 23.7 Å². The minimum atomic E-state index is -3.64. The van der Waals surface area contributed by atoms with Gasteiger partial charge in [0.1, 0.15) is 11.5 Å². The number of aryl methyl sites for hydroxylation is 1. The van der Waals surface area contributed by atoms with Gasteiger partial charge in [-0.1, -0.05) is 63.2 Å². The van der Waals surface area contributed by atoms with Crippen LogP contribution in [-0.2, 0) is 27.8 Å². The Labute approximate surface area is 306 Å². The van der Waals surface area contributed by atoms with Gasteiger partial charge in [0.2, 0.25) is 15.9 Å². The Bertz CT molecular complexity index is 1820. The number of pyridine rings is 2. The van der Waals surface area contributed by atoms with Crippen molar-refractivity contribution in [1.29, 1.82) is 0 Å².